The van der Waals surface area contributed by atoms with Gasteiger partial charge in [0, 0.05) is 17.8 Å². The summed E-state index contributed by atoms with van der Waals surface area (Å²) >= 11 is 3.24. The molecule has 19 heavy (non-hydrogen) atoms. The lowest BCUT2D eigenvalue weighted by Gasteiger charge is -1.99. The fourth-order valence-corrected chi connectivity index (χ4v) is 1.88. The number of hydrogen-bond donors (Lipinski definition) is 3. The van der Waals surface area contributed by atoms with Crippen LogP contribution in [0.3, 0.4) is 0 Å². The molecule has 0 aliphatic rings. The molecule has 0 fully saturated rings. The summed E-state index contributed by atoms with van der Waals surface area (Å²) in [4.78, 5) is 25.6. The van der Waals surface area contributed by atoms with Crippen LogP contribution in [0.25, 0.3) is 5.65 Å². The second-order valence-corrected chi connectivity index (χ2v) is 4.27. The number of nitrogens with zero attached hydrogens (tertiary/aromatic N) is 2. The van der Waals surface area contributed by atoms with Gasteiger partial charge >= 0.3 is 11.9 Å². The molecule has 2 heterocycles. The first-order valence-electron chi connectivity index (χ1n) is 5.05. The van der Waals surface area contributed by atoms with E-state index >= 15 is 0 Å². The molecule has 3 N–H and O–H groups in total. The molecule has 0 aliphatic carbocycles. The van der Waals surface area contributed by atoms with E-state index in [2.05, 4.69) is 20.9 Å². The average Bonchev–Trinajstić information content (AvgIpc) is 2.69. The van der Waals surface area contributed by atoms with Crippen molar-refractivity contribution < 1.29 is 24.9 Å². The predicted octanol–water partition coefficient (Wildman–Crippen LogP) is 1.03. The summed E-state index contributed by atoms with van der Waals surface area (Å²) < 4.78 is 2.20. The van der Waals surface area contributed by atoms with E-state index < -0.39 is 11.9 Å². The number of rotatable bonds is 3. The van der Waals surface area contributed by atoms with Crippen molar-refractivity contribution in [3.05, 3.63) is 34.2 Å². The topological polar surface area (TPSA) is 112 Å². The molecule has 8 heteroatoms. The number of aliphatic hydroxyl groups excluding tert-OH is 1. The molecule has 102 valence electrons. The number of carboxylic acid groups (broad SMARTS) is 2. The smallest absolute Gasteiger partial charge is 0.356 e. The molecule has 0 spiro atoms. The number of imidazole rings is 1. The van der Waals surface area contributed by atoms with Crippen molar-refractivity contribution >= 4 is 33.5 Å². The Morgan fingerprint density at radius 1 is 1.37 bits per heavy atom. The monoisotopic (exact) mass is 330 g/mol. The number of hydrogen-bond acceptors (Lipinski definition) is 4. The number of pyridine rings is 1. The van der Waals surface area contributed by atoms with Crippen LogP contribution >= 0.6 is 15.9 Å². The number of aromatic carboxylic acids is 1. The third-order valence-electron chi connectivity index (χ3n) is 2.21. The van der Waals surface area contributed by atoms with Crippen molar-refractivity contribution in [1.82, 2.24) is 9.38 Å². The Morgan fingerprint density at radius 3 is 2.53 bits per heavy atom. The number of fused-ring (bicyclic) bond motifs is 1. The number of carbonyl (C=O) groups is 2. The van der Waals surface area contributed by atoms with Gasteiger partial charge in [0.05, 0.1) is 12.1 Å². The number of carboxylic acids is 2. The maximum absolute atomic E-state index is 11.0. The van der Waals surface area contributed by atoms with Crippen LogP contribution in [-0.4, -0.2) is 43.8 Å². The number of aliphatic hydroxyl groups is 1. The van der Waals surface area contributed by atoms with Crippen molar-refractivity contribution in [2.45, 2.75) is 6.42 Å². The zero-order chi connectivity index (χ0) is 14.6. The Morgan fingerprint density at radius 2 is 2.00 bits per heavy atom. The normalized spacial score (nSPS) is 9.84. The van der Waals surface area contributed by atoms with Crippen molar-refractivity contribution in [1.29, 1.82) is 0 Å². The molecule has 0 bridgehead atoms. The fourth-order valence-electron chi connectivity index (χ4n) is 1.55. The standard InChI is InChI=1S/C10H7BrN2O4.CH4O/c11-5-1-2-13-6(4-8(14)15)9(10(16)17)12-7(13)3-5;1-2/h1-3H,4H2,(H,14,15)(H,16,17);2H,1H3. The summed E-state index contributed by atoms with van der Waals surface area (Å²) in [6, 6.07) is 3.31. The highest BCUT2D eigenvalue weighted by atomic mass is 79.9. The van der Waals surface area contributed by atoms with E-state index in [1.807, 2.05) is 0 Å². The molecule has 2 rings (SSSR count). The van der Waals surface area contributed by atoms with E-state index in [1.54, 1.807) is 18.3 Å². The summed E-state index contributed by atoms with van der Waals surface area (Å²) in [6.07, 6.45) is 1.20. The second kappa shape index (κ2) is 6.30. The number of aromatic nitrogens is 2. The van der Waals surface area contributed by atoms with Gasteiger partial charge < -0.3 is 19.7 Å². The third kappa shape index (κ3) is 3.30. The maximum Gasteiger partial charge on any atom is 0.356 e. The molecule has 0 saturated heterocycles. The van der Waals surface area contributed by atoms with Crippen molar-refractivity contribution in [2.24, 2.45) is 0 Å². The first kappa shape index (κ1) is 15.1. The molecule has 0 aliphatic heterocycles. The van der Waals surface area contributed by atoms with Crippen LogP contribution in [0.4, 0.5) is 0 Å². The molecule has 0 atom stereocenters. The van der Waals surface area contributed by atoms with Crippen LogP contribution in [0.5, 0.6) is 0 Å². The average molecular weight is 331 g/mol. The first-order valence-corrected chi connectivity index (χ1v) is 5.84. The molecule has 0 unspecified atom stereocenters. The van der Waals surface area contributed by atoms with Crippen LogP contribution in [0.1, 0.15) is 16.2 Å². The van der Waals surface area contributed by atoms with Gasteiger partial charge in [-0.25, -0.2) is 9.78 Å². The lowest BCUT2D eigenvalue weighted by molar-refractivity contribution is -0.136. The maximum atomic E-state index is 11.0. The van der Waals surface area contributed by atoms with Gasteiger partial charge in [-0.2, -0.15) is 0 Å². The molecule has 0 radical (unpaired) electrons. The van der Waals surface area contributed by atoms with Crippen molar-refractivity contribution in [2.75, 3.05) is 7.11 Å². The lowest BCUT2D eigenvalue weighted by atomic mass is 10.2. The van der Waals surface area contributed by atoms with E-state index in [0.717, 1.165) is 11.6 Å². The van der Waals surface area contributed by atoms with Gasteiger partial charge in [0.2, 0.25) is 0 Å². The van der Waals surface area contributed by atoms with E-state index in [9.17, 15) is 9.59 Å². The Hall–Kier alpha value is -1.93. The van der Waals surface area contributed by atoms with Crippen LogP contribution in [0, 0.1) is 0 Å². The van der Waals surface area contributed by atoms with Gasteiger partial charge in [-0.3, -0.25) is 4.79 Å². The highest BCUT2D eigenvalue weighted by molar-refractivity contribution is 9.10. The third-order valence-corrected chi connectivity index (χ3v) is 2.70. The van der Waals surface area contributed by atoms with Crippen LogP contribution in [0.2, 0.25) is 0 Å². The van der Waals surface area contributed by atoms with Gasteiger partial charge in [0.25, 0.3) is 0 Å². The van der Waals surface area contributed by atoms with Crippen LogP contribution in [0.15, 0.2) is 22.8 Å². The highest BCUT2D eigenvalue weighted by Crippen LogP contribution is 2.18. The molecule has 2 aromatic heterocycles. The SMILES string of the molecule is CO.O=C(O)Cc1c(C(=O)O)nc2cc(Br)ccn12. The quantitative estimate of drug-likeness (QED) is 0.774. The predicted molar refractivity (Wildman–Crippen MR) is 69.3 cm³/mol. The Labute approximate surface area is 116 Å². The minimum absolute atomic E-state index is 0.160. The van der Waals surface area contributed by atoms with Gasteiger partial charge in [0.15, 0.2) is 5.69 Å². The van der Waals surface area contributed by atoms with Gasteiger partial charge in [0.1, 0.15) is 5.65 Å². The zero-order valence-corrected chi connectivity index (χ0v) is 11.5. The molecule has 2 aromatic rings. The first-order chi connectivity index (χ1) is 8.99. The second-order valence-electron chi connectivity index (χ2n) is 3.36. The summed E-state index contributed by atoms with van der Waals surface area (Å²) in [6.45, 7) is 0. The van der Waals surface area contributed by atoms with Crippen LogP contribution in [-0.2, 0) is 11.2 Å². The van der Waals surface area contributed by atoms with Gasteiger partial charge in [-0.1, -0.05) is 15.9 Å². The summed E-state index contributed by atoms with van der Waals surface area (Å²) in [5.41, 5.74) is 0.325. The Kier molecular flexibility index (Phi) is 5.02. The molecule has 0 aromatic carbocycles. The molecular weight excluding hydrogens is 320 g/mol. The fraction of sp³-hybridized carbons (Fsp3) is 0.182. The minimum atomic E-state index is -1.24. The number of aliphatic carboxylic acids is 1. The van der Waals surface area contributed by atoms with E-state index in [-0.39, 0.29) is 17.8 Å². The molecule has 0 saturated carbocycles. The molecular formula is C11H11BrN2O5. The molecule has 7 nitrogen and oxygen atoms in total. The Bertz CT molecular complexity index is 623. The molecule has 0 amide bonds. The number of halogens is 1. The minimum Gasteiger partial charge on any atom is -0.481 e. The van der Waals surface area contributed by atoms with E-state index in [4.69, 9.17) is 15.3 Å². The summed E-state index contributed by atoms with van der Waals surface area (Å²) in [5.74, 6) is -2.33. The van der Waals surface area contributed by atoms with Gasteiger partial charge in [-0.05, 0) is 12.1 Å². The van der Waals surface area contributed by atoms with Crippen molar-refractivity contribution in [3.8, 4) is 0 Å². The van der Waals surface area contributed by atoms with Crippen LogP contribution < -0.4 is 0 Å². The van der Waals surface area contributed by atoms with E-state index in [0.29, 0.717) is 5.65 Å². The van der Waals surface area contributed by atoms with E-state index in [1.165, 1.54) is 4.40 Å². The lowest BCUT2D eigenvalue weighted by Crippen LogP contribution is -2.09. The zero-order valence-electron chi connectivity index (χ0n) is 9.87. The largest absolute Gasteiger partial charge is 0.481 e. The Balaban J connectivity index is 0.000000861. The van der Waals surface area contributed by atoms with Crippen molar-refractivity contribution in [3.63, 3.8) is 0 Å². The summed E-state index contributed by atoms with van der Waals surface area (Å²) in [7, 11) is 1.00. The van der Waals surface area contributed by atoms with Gasteiger partial charge in [-0.15, -0.1) is 0 Å². The summed E-state index contributed by atoms with van der Waals surface area (Å²) in [5, 5.41) is 24.7. The highest BCUT2D eigenvalue weighted by Gasteiger charge is 2.20.